The van der Waals surface area contributed by atoms with Gasteiger partial charge in [0.2, 0.25) is 5.91 Å². The number of hydrogen-bond acceptors (Lipinski definition) is 4. The van der Waals surface area contributed by atoms with Crippen molar-refractivity contribution in [1.29, 1.82) is 0 Å². The maximum absolute atomic E-state index is 11.9. The highest BCUT2D eigenvalue weighted by molar-refractivity contribution is 5.82. The Labute approximate surface area is 96.9 Å². The lowest BCUT2D eigenvalue weighted by Gasteiger charge is -2.26. The van der Waals surface area contributed by atoms with Crippen LogP contribution in [-0.2, 0) is 14.3 Å². The molecular formula is C11H22N2O3. The summed E-state index contributed by atoms with van der Waals surface area (Å²) in [5.74, 6) is -0.327. The second kappa shape index (κ2) is 7.22. The largest absolute Gasteiger partial charge is 0.468 e. The van der Waals surface area contributed by atoms with E-state index >= 15 is 0 Å². The molecule has 1 atom stereocenters. The number of ether oxygens (including phenoxy) is 1. The van der Waals surface area contributed by atoms with Crippen LogP contribution in [0.5, 0.6) is 0 Å². The summed E-state index contributed by atoms with van der Waals surface area (Å²) in [5.41, 5.74) is 5.46. The third kappa shape index (κ3) is 5.11. The summed E-state index contributed by atoms with van der Waals surface area (Å²) in [5, 5.41) is 0. The molecule has 0 aromatic carbocycles. The molecule has 0 spiro atoms. The van der Waals surface area contributed by atoms with Crippen molar-refractivity contribution in [2.45, 2.75) is 33.2 Å². The van der Waals surface area contributed by atoms with Crippen molar-refractivity contribution in [3.63, 3.8) is 0 Å². The van der Waals surface area contributed by atoms with Gasteiger partial charge in [0.05, 0.1) is 7.11 Å². The number of rotatable bonds is 6. The summed E-state index contributed by atoms with van der Waals surface area (Å²) in [6.07, 6.45) is 0.367. The molecule has 0 aliphatic carbocycles. The van der Waals surface area contributed by atoms with Gasteiger partial charge in [-0.15, -0.1) is 0 Å². The molecular weight excluding hydrogens is 208 g/mol. The van der Waals surface area contributed by atoms with Gasteiger partial charge < -0.3 is 15.4 Å². The van der Waals surface area contributed by atoms with E-state index in [9.17, 15) is 9.59 Å². The van der Waals surface area contributed by atoms with Crippen molar-refractivity contribution in [3.8, 4) is 0 Å². The SMILES string of the molecule is COC(=O)CN(C(=O)CC(C)CN)C(C)C. The summed E-state index contributed by atoms with van der Waals surface area (Å²) < 4.78 is 4.55. The monoisotopic (exact) mass is 230 g/mol. The second-order valence-electron chi connectivity index (χ2n) is 4.24. The first-order valence-electron chi connectivity index (χ1n) is 5.48. The number of amides is 1. The van der Waals surface area contributed by atoms with Crippen LogP contribution in [0.25, 0.3) is 0 Å². The quantitative estimate of drug-likeness (QED) is 0.670. The van der Waals surface area contributed by atoms with Crippen LogP contribution < -0.4 is 5.73 Å². The van der Waals surface area contributed by atoms with E-state index in [0.717, 1.165) is 0 Å². The Balaban J connectivity index is 4.41. The fraction of sp³-hybridized carbons (Fsp3) is 0.818. The molecule has 0 aromatic rings. The van der Waals surface area contributed by atoms with Crippen LogP contribution in [0, 0.1) is 5.92 Å². The molecule has 2 N–H and O–H groups in total. The van der Waals surface area contributed by atoms with E-state index in [2.05, 4.69) is 4.74 Å². The van der Waals surface area contributed by atoms with Crippen molar-refractivity contribution in [1.82, 2.24) is 4.90 Å². The Hall–Kier alpha value is -1.10. The van der Waals surface area contributed by atoms with Gasteiger partial charge in [-0.1, -0.05) is 6.92 Å². The fourth-order valence-corrected chi connectivity index (χ4v) is 1.26. The minimum atomic E-state index is -0.401. The first kappa shape index (κ1) is 14.9. The highest BCUT2D eigenvalue weighted by Crippen LogP contribution is 2.07. The maximum Gasteiger partial charge on any atom is 0.325 e. The Kier molecular flexibility index (Phi) is 6.72. The van der Waals surface area contributed by atoms with E-state index in [-0.39, 0.29) is 24.4 Å². The third-order valence-electron chi connectivity index (χ3n) is 2.40. The molecule has 0 saturated heterocycles. The number of carbonyl (C=O) groups is 2. The second-order valence-corrected chi connectivity index (χ2v) is 4.24. The first-order chi connectivity index (χ1) is 7.42. The van der Waals surface area contributed by atoms with Crippen LogP contribution in [-0.4, -0.2) is 43.0 Å². The molecule has 1 unspecified atom stereocenters. The van der Waals surface area contributed by atoms with Crippen LogP contribution in [0.15, 0.2) is 0 Å². The van der Waals surface area contributed by atoms with Crippen LogP contribution in [0.1, 0.15) is 27.2 Å². The number of nitrogens with zero attached hydrogens (tertiary/aromatic N) is 1. The van der Waals surface area contributed by atoms with Crippen LogP contribution in [0.3, 0.4) is 0 Å². The molecule has 0 radical (unpaired) electrons. The lowest BCUT2D eigenvalue weighted by molar-refractivity contribution is -0.148. The lowest BCUT2D eigenvalue weighted by atomic mass is 10.1. The molecule has 94 valence electrons. The van der Waals surface area contributed by atoms with Crippen molar-refractivity contribution in [3.05, 3.63) is 0 Å². The average molecular weight is 230 g/mol. The van der Waals surface area contributed by atoms with E-state index in [4.69, 9.17) is 5.73 Å². The normalized spacial score (nSPS) is 12.4. The zero-order valence-corrected chi connectivity index (χ0v) is 10.5. The number of nitrogens with two attached hydrogens (primary N) is 1. The van der Waals surface area contributed by atoms with E-state index in [1.165, 1.54) is 12.0 Å². The topological polar surface area (TPSA) is 72.6 Å². The van der Waals surface area contributed by atoms with Gasteiger partial charge >= 0.3 is 5.97 Å². The van der Waals surface area contributed by atoms with Gasteiger partial charge in [-0.2, -0.15) is 0 Å². The van der Waals surface area contributed by atoms with Gasteiger partial charge in [-0.05, 0) is 26.3 Å². The third-order valence-corrected chi connectivity index (χ3v) is 2.40. The highest BCUT2D eigenvalue weighted by Gasteiger charge is 2.21. The Morgan fingerprint density at radius 1 is 1.31 bits per heavy atom. The molecule has 0 rings (SSSR count). The number of esters is 1. The van der Waals surface area contributed by atoms with Gasteiger partial charge in [0.15, 0.2) is 0 Å². The molecule has 0 fully saturated rings. The Bertz CT molecular complexity index is 241. The molecule has 5 heteroatoms. The summed E-state index contributed by atoms with van der Waals surface area (Å²) in [7, 11) is 1.31. The van der Waals surface area contributed by atoms with Crippen molar-refractivity contribution in [2.24, 2.45) is 11.7 Å². The standard InChI is InChI=1S/C11H22N2O3/c1-8(2)13(7-11(15)16-4)10(14)5-9(3)6-12/h8-9H,5-7,12H2,1-4H3. The van der Waals surface area contributed by atoms with Crippen molar-refractivity contribution < 1.29 is 14.3 Å². The lowest BCUT2D eigenvalue weighted by Crippen LogP contribution is -2.42. The number of hydrogen-bond donors (Lipinski definition) is 1. The van der Waals surface area contributed by atoms with E-state index in [1.807, 2.05) is 20.8 Å². The molecule has 1 amide bonds. The van der Waals surface area contributed by atoms with Crippen molar-refractivity contribution in [2.75, 3.05) is 20.2 Å². The average Bonchev–Trinajstić information content (AvgIpc) is 2.24. The van der Waals surface area contributed by atoms with Gasteiger partial charge in [-0.25, -0.2) is 0 Å². The van der Waals surface area contributed by atoms with E-state index in [0.29, 0.717) is 13.0 Å². The fourth-order valence-electron chi connectivity index (χ4n) is 1.26. The van der Waals surface area contributed by atoms with E-state index in [1.54, 1.807) is 0 Å². The zero-order valence-electron chi connectivity index (χ0n) is 10.5. The van der Waals surface area contributed by atoms with Gasteiger partial charge in [0, 0.05) is 12.5 Å². The summed E-state index contributed by atoms with van der Waals surface area (Å²) in [4.78, 5) is 24.5. The molecule has 0 heterocycles. The van der Waals surface area contributed by atoms with Crippen LogP contribution in [0.2, 0.25) is 0 Å². The molecule has 0 bridgehead atoms. The summed E-state index contributed by atoms with van der Waals surface area (Å²) in [6, 6.07) is -0.0171. The molecule has 0 saturated carbocycles. The first-order valence-corrected chi connectivity index (χ1v) is 5.48. The van der Waals surface area contributed by atoms with Crippen LogP contribution in [0.4, 0.5) is 0 Å². The predicted molar refractivity (Wildman–Crippen MR) is 61.7 cm³/mol. The highest BCUT2D eigenvalue weighted by atomic mass is 16.5. The molecule has 0 aliphatic heterocycles. The van der Waals surface area contributed by atoms with Gasteiger partial charge in [0.1, 0.15) is 6.54 Å². The number of methoxy groups -OCH3 is 1. The molecule has 5 nitrogen and oxygen atoms in total. The van der Waals surface area contributed by atoms with Crippen molar-refractivity contribution >= 4 is 11.9 Å². The zero-order chi connectivity index (χ0) is 12.7. The Morgan fingerprint density at radius 2 is 1.88 bits per heavy atom. The smallest absolute Gasteiger partial charge is 0.325 e. The molecule has 16 heavy (non-hydrogen) atoms. The minimum absolute atomic E-state index is 0.00426. The molecule has 0 aliphatic rings. The number of carbonyl (C=O) groups excluding carboxylic acids is 2. The van der Waals surface area contributed by atoms with Gasteiger partial charge in [-0.3, -0.25) is 9.59 Å². The predicted octanol–water partition coefficient (Wildman–Crippen LogP) is 0.381. The Morgan fingerprint density at radius 3 is 2.25 bits per heavy atom. The van der Waals surface area contributed by atoms with E-state index < -0.39 is 5.97 Å². The van der Waals surface area contributed by atoms with Crippen LogP contribution >= 0.6 is 0 Å². The summed E-state index contributed by atoms with van der Waals surface area (Å²) >= 11 is 0. The van der Waals surface area contributed by atoms with Gasteiger partial charge in [0.25, 0.3) is 0 Å². The maximum atomic E-state index is 11.9. The molecule has 0 aromatic heterocycles. The minimum Gasteiger partial charge on any atom is -0.468 e. The summed E-state index contributed by atoms with van der Waals surface area (Å²) in [6.45, 7) is 6.12.